The molecule has 0 bridgehead atoms. The first kappa shape index (κ1) is 7.55. The molecule has 3 N–H and O–H groups in total. The van der Waals surface area contributed by atoms with Crippen LogP contribution < -0.4 is 5.73 Å². The number of aliphatic hydroxyl groups excluding tert-OH is 1. The molecular weight excluding hydrogens is 157 g/mol. The van der Waals surface area contributed by atoms with Gasteiger partial charge in [0.05, 0.1) is 11.8 Å². The lowest BCUT2D eigenvalue weighted by Gasteiger charge is -2.05. The van der Waals surface area contributed by atoms with Crippen molar-refractivity contribution >= 4 is 5.69 Å². The van der Waals surface area contributed by atoms with Crippen LogP contribution in [0.5, 0.6) is 0 Å². The second kappa shape index (κ2) is 2.45. The fourth-order valence-electron chi connectivity index (χ4n) is 1.66. The molecule has 1 aliphatic carbocycles. The molecule has 0 saturated carbocycles. The van der Waals surface area contributed by atoms with Gasteiger partial charge in [0.1, 0.15) is 5.82 Å². The molecule has 2 rings (SSSR count). The number of hydrogen-bond donors (Lipinski definition) is 2. The molecule has 1 aliphatic rings. The summed E-state index contributed by atoms with van der Waals surface area (Å²) in [5, 5.41) is 9.39. The predicted octanol–water partition coefficient (Wildman–Crippen LogP) is 1.39. The van der Waals surface area contributed by atoms with Crippen molar-refractivity contribution < 1.29 is 9.50 Å². The van der Waals surface area contributed by atoms with Crippen LogP contribution in [0.1, 0.15) is 23.7 Å². The maximum Gasteiger partial charge on any atom is 0.149 e. The SMILES string of the molecule is Nc1ccc2c(c1F)CCC2O. The lowest BCUT2D eigenvalue weighted by Crippen LogP contribution is -1.97. The quantitative estimate of drug-likeness (QED) is 0.573. The fourth-order valence-corrected chi connectivity index (χ4v) is 1.66. The molecule has 0 spiro atoms. The Morgan fingerprint density at radius 3 is 3.00 bits per heavy atom. The molecule has 0 radical (unpaired) electrons. The summed E-state index contributed by atoms with van der Waals surface area (Å²) in [5.74, 6) is -0.357. The van der Waals surface area contributed by atoms with Crippen LogP contribution in [-0.2, 0) is 6.42 Å². The normalized spacial score (nSPS) is 21.0. The Kier molecular flexibility index (Phi) is 1.54. The number of rotatable bonds is 0. The van der Waals surface area contributed by atoms with E-state index in [2.05, 4.69) is 0 Å². The van der Waals surface area contributed by atoms with E-state index in [1.807, 2.05) is 0 Å². The van der Waals surface area contributed by atoms with Crippen molar-refractivity contribution in [3.05, 3.63) is 29.1 Å². The van der Waals surface area contributed by atoms with Crippen LogP contribution in [0.15, 0.2) is 12.1 Å². The van der Waals surface area contributed by atoms with Gasteiger partial charge in [-0.15, -0.1) is 0 Å². The number of nitrogens with two attached hydrogens (primary N) is 1. The van der Waals surface area contributed by atoms with Gasteiger partial charge in [0.15, 0.2) is 0 Å². The van der Waals surface area contributed by atoms with Crippen molar-refractivity contribution in [1.82, 2.24) is 0 Å². The Morgan fingerprint density at radius 1 is 1.50 bits per heavy atom. The number of nitrogen functional groups attached to an aromatic ring is 1. The molecule has 1 aromatic rings. The average Bonchev–Trinajstić information content (AvgIpc) is 2.41. The molecule has 12 heavy (non-hydrogen) atoms. The number of fused-ring (bicyclic) bond motifs is 1. The van der Waals surface area contributed by atoms with E-state index in [0.717, 1.165) is 0 Å². The zero-order valence-electron chi connectivity index (χ0n) is 6.55. The second-order valence-electron chi connectivity index (χ2n) is 3.09. The summed E-state index contributed by atoms with van der Waals surface area (Å²) in [6.45, 7) is 0. The summed E-state index contributed by atoms with van der Waals surface area (Å²) < 4.78 is 13.2. The van der Waals surface area contributed by atoms with Crippen molar-refractivity contribution in [2.45, 2.75) is 18.9 Å². The van der Waals surface area contributed by atoms with E-state index < -0.39 is 6.10 Å². The summed E-state index contributed by atoms with van der Waals surface area (Å²) in [5.41, 5.74) is 6.83. The van der Waals surface area contributed by atoms with E-state index >= 15 is 0 Å². The summed E-state index contributed by atoms with van der Waals surface area (Å²) >= 11 is 0. The van der Waals surface area contributed by atoms with Crippen LogP contribution in [0.3, 0.4) is 0 Å². The van der Waals surface area contributed by atoms with Gasteiger partial charge in [0.25, 0.3) is 0 Å². The zero-order valence-corrected chi connectivity index (χ0v) is 6.55. The lowest BCUT2D eigenvalue weighted by molar-refractivity contribution is 0.180. The van der Waals surface area contributed by atoms with E-state index in [-0.39, 0.29) is 11.5 Å². The Labute approximate surface area is 69.8 Å². The van der Waals surface area contributed by atoms with Crippen LogP contribution in [-0.4, -0.2) is 5.11 Å². The molecule has 64 valence electrons. The van der Waals surface area contributed by atoms with Crippen molar-refractivity contribution in [3.8, 4) is 0 Å². The molecule has 1 aromatic carbocycles. The molecule has 1 unspecified atom stereocenters. The van der Waals surface area contributed by atoms with Crippen molar-refractivity contribution in [3.63, 3.8) is 0 Å². The van der Waals surface area contributed by atoms with Gasteiger partial charge in [-0.25, -0.2) is 4.39 Å². The highest BCUT2D eigenvalue weighted by molar-refractivity contribution is 5.49. The highest BCUT2D eigenvalue weighted by Gasteiger charge is 2.23. The van der Waals surface area contributed by atoms with Gasteiger partial charge in [-0.3, -0.25) is 0 Å². The minimum absolute atomic E-state index is 0.169. The first-order valence-electron chi connectivity index (χ1n) is 3.95. The summed E-state index contributed by atoms with van der Waals surface area (Å²) in [6, 6.07) is 3.20. The van der Waals surface area contributed by atoms with Gasteiger partial charge in [-0.2, -0.15) is 0 Å². The standard InChI is InChI=1S/C9H10FNO/c10-9-6-2-4-8(12)5(6)1-3-7(9)11/h1,3,8,12H,2,4,11H2. The Hall–Kier alpha value is -1.09. The van der Waals surface area contributed by atoms with Gasteiger partial charge < -0.3 is 10.8 Å². The first-order chi connectivity index (χ1) is 5.70. The number of aliphatic hydroxyl groups is 1. The van der Waals surface area contributed by atoms with E-state index in [4.69, 9.17) is 5.73 Å². The molecule has 0 aromatic heterocycles. The minimum Gasteiger partial charge on any atom is -0.396 e. The lowest BCUT2D eigenvalue weighted by atomic mass is 10.1. The molecule has 1 atom stereocenters. The van der Waals surface area contributed by atoms with E-state index in [9.17, 15) is 9.50 Å². The fraction of sp³-hybridized carbons (Fsp3) is 0.333. The van der Waals surface area contributed by atoms with Crippen molar-refractivity contribution in [1.29, 1.82) is 0 Å². The largest absolute Gasteiger partial charge is 0.396 e. The van der Waals surface area contributed by atoms with Gasteiger partial charge in [0.2, 0.25) is 0 Å². The molecule has 0 saturated heterocycles. The zero-order chi connectivity index (χ0) is 8.72. The maximum atomic E-state index is 13.2. The van der Waals surface area contributed by atoms with Gasteiger partial charge >= 0.3 is 0 Å². The molecule has 0 amide bonds. The van der Waals surface area contributed by atoms with Crippen LogP contribution in [0, 0.1) is 5.82 Å². The van der Waals surface area contributed by atoms with Crippen LogP contribution >= 0.6 is 0 Å². The van der Waals surface area contributed by atoms with E-state index in [1.165, 1.54) is 6.07 Å². The third-order valence-corrected chi connectivity index (χ3v) is 2.34. The monoisotopic (exact) mass is 167 g/mol. The third-order valence-electron chi connectivity index (χ3n) is 2.34. The number of anilines is 1. The Bertz CT molecular complexity index is 325. The summed E-state index contributed by atoms with van der Waals surface area (Å²) in [6.07, 6.45) is 0.693. The van der Waals surface area contributed by atoms with Crippen LogP contribution in [0.25, 0.3) is 0 Å². The van der Waals surface area contributed by atoms with E-state index in [0.29, 0.717) is 24.0 Å². The molecular formula is C9H10FNO. The van der Waals surface area contributed by atoms with Crippen LogP contribution in [0.2, 0.25) is 0 Å². The first-order valence-corrected chi connectivity index (χ1v) is 3.95. The summed E-state index contributed by atoms with van der Waals surface area (Å²) in [7, 11) is 0. The minimum atomic E-state index is -0.505. The Morgan fingerprint density at radius 2 is 2.25 bits per heavy atom. The number of benzene rings is 1. The summed E-state index contributed by atoms with van der Waals surface area (Å²) in [4.78, 5) is 0. The topological polar surface area (TPSA) is 46.2 Å². The molecule has 0 aliphatic heterocycles. The Balaban J connectivity index is 2.60. The number of halogens is 1. The average molecular weight is 167 g/mol. The molecule has 0 heterocycles. The number of hydrogen-bond acceptors (Lipinski definition) is 2. The smallest absolute Gasteiger partial charge is 0.149 e. The van der Waals surface area contributed by atoms with Crippen molar-refractivity contribution in [2.75, 3.05) is 5.73 Å². The van der Waals surface area contributed by atoms with E-state index in [1.54, 1.807) is 6.07 Å². The predicted molar refractivity (Wildman–Crippen MR) is 44.1 cm³/mol. The van der Waals surface area contributed by atoms with Gasteiger partial charge in [-0.05, 0) is 30.0 Å². The highest BCUT2D eigenvalue weighted by Crippen LogP contribution is 2.34. The highest BCUT2D eigenvalue weighted by atomic mass is 19.1. The van der Waals surface area contributed by atoms with Gasteiger partial charge in [-0.1, -0.05) is 6.07 Å². The molecule has 3 heteroatoms. The van der Waals surface area contributed by atoms with Gasteiger partial charge in [0, 0.05) is 0 Å². The van der Waals surface area contributed by atoms with Crippen molar-refractivity contribution in [2.24, 2.45) is 0 Å². The molecule has 0 fully saturated rings. The maximum absolute atomic E-state index is 13.2. The van der Waals surface area contributed by atoms with Crippen LogP contribution in [0.4, 0.5) is 10.1 Å². The third kappa shape index (κ3) is 0.898. The molecule has 2 nitrogen and oxygen atoms in total. The second-order valence-corrected chi connectivity index (χ2v) is 3.09.